The maximum atomic E-state index is 2.44. The molecule has 0 radical (unpaired) electrons. The van der Waals surface area contributed by atoms with Gasteiger partial charge in [0.05, 0.1) is 11.0 Å². The van der Waals surface area contributed by atoms with E-state index in [4.69, 9.17) is 0 Å². The predicted octanol–water partition coefficient (Wildman–Crippen LogP) is 17.3. The van der Waals surface area contributed by atoms with Crippen LogP contribution in [-0.2, 0) is 0 Å². The van der Waals surface area contributed by atoms with Gasteiger partial charge >= 0.3 is 0 Å². The Morgan fingerprint density at radius 1 is 0.270 bits per heavy atom. The van der Waals surface area contributed by atoms with Crippen molar-refractivity contribution < 1.29 is 0 Å². The van der Waals surface area contributed by atoms with E-state index in [1.807, 2.05) is 11.3 Å². The summed E-state index contributed by atoms with van der Waals surface area (Å²) in [5, 5.41) is 5.10. The molecule has 2 nitrogen and oxygen atoms in total. The van der Waals surface area contributed by atoms with Gasteiger partial charge in [0.1, 0.15) is 0 Å². The number of hydrogen-bond donors (Lipinski definition) is 0. The first kappa shape index (κ1) is 36.8. The summed E-state index contributed by atoms with van der Waals surface area (Å²) in [5.74, 6) is 0. The maximum absolute atomic E-state index is 2.44. The maximum Gasteiger partial charge on any atom is 0.0541 e. The molecule has 0 unspecified atom stereocenters. The first-order chi connectivity index (χ1) is 31.2. The second-order valence-electron chi connectivity index (χ2n) is 16.2. The van der Waals surface area contributed by atoms with Gasteiger partial charge in [-0.2, -0.15) is 0 Å². The molecule has 0 fully saturated rings. The molecule has 0 amide bonds. The lowest BCUT2D eigenvalue weighted by Crippen LogP contribution is -2.10. The van der Waals surface area contributed by atoms with Gasteiger partial charge in [-0.05, 0) is 129 Å². The smallest absolute Gasteiger partial charge is 0.0541 e. The van der Waals surface area contributed by atoms with Crippen molar-refractivity contribution in [2.75, 3.05) is 4.90 Å². The van der Waals surface area contributed by atoms with Crippen LogP contribution in [0.4, 0.5) is 17.1 Å². The van der Waals surface area contributed by atoms with Gasteiger partial charge in [0.2, 0.25) is 0 Å². The zero-order valence-electron chi connectivity index (χ0n) is 34.4. The minimum atomic E-state index is 1.09. The molecule has 0 saturated heterocycles. The fourth-order valence-corrected chi connectivity index (χ4v) is 10.4. The Morgan fingerprint density at radius 3 is 1.33 bits per heavy atom. The summed E-state index contributed by atoms with van der Waals surface area (Å²) >= 11 is 1.86. The van der Waals surface area contributed by atoms with Crippen molar-refractivity contribution in [2.45, 2.75) is 0 Å². The van der Waals surface area contributed by atoms with Crippen LogP contribution in [0.3, 0.4) is 0 Å². The third-order valence-corrected chi connectivity index (χ3v) is 13.5. The lowest BCUT2D eigenvalue weighted by Gasteiger charge is -2.26. The number of thiophene rings is 1. The molecule has 3 heteroatoms. The average Bonchev–Trinajstić information content (AvgIpc) is 3.91. The largest absolute Gasteiger partial charge is 0.310 e. The van der Waals surface area contributed by atoms with Crippen molar-refractivity contribution in [1.29, 1.82) is 0 Å². The van der Waals surface area contributed by atoms with E-state index >= 15 is 0 Å². The summed E-state index contributed by atoms with van der Waals surface area (Å²) in [6, 6.07) is 88.5. The third kappa shape index (κ3) is 6.67. The van der Waals surface area contributed by atoms with E-state index in [1.54, 1.807) is 0 Å². The Bertz CT molecular complexity index is 3470. The number of rotatable bonds is 8. The van der Waals surface area contributed by atoms with Crippen LogP contribution in [0.25, 0.3) is 92.2 Å². The Labute approximate surface area is 370 Å². The molecule has 2 aromatic heterocycles. The summed E-state index contributed by atoms with van der Waals surface area (Å²) < 4.78 is 5.06. The van der Waals surface area contributed by atoms with Crippen molar-refractivity contribution in [3.63, 3.8) is 0 Å². The topological polar surface area (TPSA) is 8.17 Å². The van der Waals surface area contributed by atoms with Crippen molar-refractivity contribution in [2.24, 2.45) is 0 Å². The molecule has 12 rings (SSSR count). The van der Waals surface area contributed by atoms with Crippen LogP contribution < -0.4 is 4.90 Å². The lowest BCUT2D eigenvalue weighted by atomic mass is 9.96. The van der Waals surface area contributed by atoms with Gasteiger partial charge in [-0.1, -0.05) is 158 Å². The highest BCUT2D eigenvalue weighted by Crippen LogP contribution is 2.42. The van der Waals surface area contributed by atoms with Crippen LogP contribution in [0.15, 0.2) is 243 Å². The Hall–Kier alpha value is -7.98. The fraction of sp³-hybridized carbons (Fsp3) is 0. The quantitative estimate of drug-likeness (QED) is 0.148. The number of nitrogens with zero attached hydrogens (tertiary/aromatic N) is 2. The van der Waals surface area contributed by atoms with E-state index < -0.39 is 0 Å². The van der Waals surface area contributed by atoms with Gasteiger partial charge < -0.3 is 9.47 Å². The van der Waals surface area contributed by atoms with E-state index in [0.717, 1.165) is 33.9 Å². The number of anilines is 3. The molecule has 12 aromatic rings. The van der Waals surface area contributed by atoms with Crippen molar-refractivity contribution in [3.8, 4) is 50.2 Å². The molecule has 0 aliphatic heterocycles. The lowest BCUT2D eigenvalue weighted by molar-refractivity contribution is 1.18. The Balaban J connectivity index is 1.03. The first-order valence-electron chi connectivity index (χ1n) is 21.5. The minimum Gasteiger partial charge on any atom is -0.310 e. The van der Waals surface area contributed by atoms with E-state index in [9.17, 15) is 0 Å². The monoisotopic (exact) mass is 820 g/mol. The second-order valence-corrected chi connectivity index (χ2v) is 17.2. The molecule has 0 bridgehead atoms. The summed E-state index contributed by atoms with van der Waals surface area (Å²) in [7, 11) is 0. The van der Waals surface area contributed by atoms with E-state index in [2.05, 4.69) is 252 Å². The van der Waals surface area contributed by atoms with Gasteiger partial charge in [0.25, 0.3) is 0 Å². The molecular formula is C60H40N2S. The first-order valence-corrected chi connectivity index (χ1v) is 22.3. The fourth-order valence-electron chi connectivity index (χ4n) is 9.32. The third-order valence-electron chi connectivity index (χ3n) is 12.4. The number of para-hydroxylation sites is 2. The molecule has 10 aromatic carbocycles. The van der Waals surface area contributed by atoms with Crippen molar-refractivity contribution >= 4 is 70.4 Å². The van der Waals surface area contributed by atoms with E-state index in [-0.39, 0.29) is 0 Å². The number of aromatic nitrogens is 1. The van der Waals surface area contributed by atoms with Crippen LogP contribution >= 0.6 is 11.3 Å². The van der Waals surface area contributed by atoms with Crippen LogP contribution in [-0.4, -0.2) is 4.57 Å². The molecule has 2 heterocycles. The highest BCUT2D eigenvalue weighted by Gasteiger charge is 2.18. The summed E-state index contributed by atoms with van der Waals surface area (Å²) in [6.45, 7) is 0. The highest BCUT2D eigenvalue weighted by atomic mass is 32.1. The summed E-state index contributed by atoms with van der Waals surface area (Å²) in [4.78, 5) is 2.38. The molecule has 63 heavy (non-hydrogen) atoms. The van der Waals surface area contributed by atoms with E-state index in [0.29, 0.717) is 0 Å². The zero-order valence-corrected chi connectivity index (χ0v) is 35.2. The van der Waals surface area contributed by atoms with Crippen molar-refractivity contribution in [1.82, 2.24) is 4.57 Å². The zero-order chi connectivity index (χ0) is 41.7. The van der Waals surface area contributed by atoms with Gasteiger partial charge in [-0.25, -0.2) is 0 Å². The van der Waals surface area contributed by atoms with Gasteiger partial charge in [0.15, 0.2) is 0 Å². The Morgan fingerprint density at radius 2 is 0.730 bits per heavy atom. The number of hydrogen-bond acceptors (Lipinski definition) is 2. The molecule has 296 valence electrons. The summed E-state index contributed by atoms with van der Waals surface area (Å²) in [5.41, 5.74) is 16.2. The van der Waals surface area contributed by atoms with Crippen molar-refractivity contribution in [3.05, 3.63) is 243 Å². The average molecular weight is 821 g/mol. The standard InChI is InChI=1S/C60H40N2S/c1-3-14-41(15-4-1)43-26-31-49(32-27-43)61(50-33-28-44(29-34-50)42-16-5-2-6-17-42)51-19-13-18-45(37-51)47-36-48(46-30-35-60-56(40-46)55-22-9-12-25-59(55)63-60)39-52(38-47)62-57-23-10-7-20-53(57)54-21-8-11-24-58(54)62/h1-40H. The van der Waals surface area contributed by atoms with Crippen LogP contribution in [0.2, 0.25) is 0 Å². The molecule has 0 atom stereocenters. The van der Waals surface area contributed by atoms with E-state index in [1.165, 1.54) is 75.4 Å². The molecular weight excluding hydrogens is 781 g/mol. The molecule has 0 aliphatic rings. The van der Waals surface area contributed by atoms with Crippen LogP contribution in [0.1, 0.15) is 0 Å². The number of benzene rings is 10. The van der Waals surface area contributed by atoms with Crippen LogP contribution in [0, 0.1) is 0 Å². The van der Waals surface area contributed by atoms with Gasteiger partial charge in [-0.3, -0.25) is 0 Å². The van der Waals surface area contributed by atoms with Gasteiger partial charge in [-0.15, -0.1) is 11.3 Å². The van der Waals surface area contributed by atoms with Crippen LogP contribution in [0.5, 0.6) is 0 Å². The Kier molecular flexibility index (Phi) is 9.06. The molecule has 0 aliphatic carbocycles. The normalized spacial score (nSPS) is 11.5. The molecule has 0 spiro atoms. The minimum absolute atomic E-state index is 1.09. The summed E-state index contributed by atoms with van der Waals surface area (Å²) in [6.07, 6.45) is 0. The SMILES string of the molecule is c1ccc(-c2ccc(N(c3ccc(-c4ccccc4)cc3)c3cccc(-c4cc(-c5ccc6sc7ccccc7c6c5)cc(-n5c6ccccc6c6ccccc65)c4)c3)cc2)cc1. The highest BCUT2D eigenvalue weighted by molar-refractivity contribution is 7.25. The number of fused-ring (bicyclic) bond motifs is 6. The molecule has 0 N–H and O–H groups in total. The second kappa shape index (κ2) is 15.5. The predicted molar refractivity (Wildman–Crippen MR) is 270 cm³/mol. The molecule has 0 saturated carbocycles. The van der Waals surface area contributed by atoms with Gasteiger partial charge in [0, 0.05) is 53.7 Å².